The first-order valence-corrected chi connectivity index (χ1v) is 7.74. The van der Waals surface area contributed by atoms with Gasteiger partial charge in [-0.15, -0.1) is 0 Å². The summed E-state index contributed by atoms with van der Waals surface area (Å²) in [5.74, 6) is 2.58. The van der Waals surface area contributed by atoms with Crippen molar-refractivity contribution in [2.24, 2.45) is 0 Å². The van der Waals surface area contributed by atoms with E-state index in [0.29, 0.717) is 24.0 Å². The third-order valence-corrected chi connectivity index (χ3v) is 3.96. The van der Waals surface area contributed by atoms with Crippen LogP contribution in [0.25, 0.3) is 11.6 Å². The monoisotopic (exact) mass is 311 g/mol. The van der Waals surface area contributed by atoms with Crippen LogP contribution in [0.4, 0.5) is 0 Å². The molecule has 0 aliphatic carbocycles. The van der Waals surface area contributed by atoms with Crippen LogP contribution in [0, 0.1) is 0 Å². The molecule has 0 N–H and O–H groups in total. The molecule has 1 aliphatic heterocycles. The molecular formula is C16H17N5O2. The zero-order valence-corrected chi connectivity index (χ0v) is 12.9. The average Bonchev–Trinajstić information content (AvgIpc) is 3.25. The van der Waals surface area contributed by atoms with Crippen molar-refractivity contribution >= 4 is 0 Å². The summed E-state index contributed by atoms with van der Waals surface area (Å²) in [5.41, 5.74) is 2.34. The Labute approximate surface area is 133 Å². The van der Waals surface area contributed by atoms with Gasteiger partial charge in [0.1, 0.15) is 5.82 Å². The molecule has 0 unspecified atom stereocenters. The van der Waals surface area contributed by atoms with Crippen LogP contribution in [0.5, 0.6) is 0 Å². The third kappa shape index (κ3) is 2.87. The van der Waals surface area contributed by atoms with Crippen LogP contribution in [0.2, 0.25) is 0 Å². The van der Waals surface area contributed by atoms with E-state index in [1.165, 1.54) is 5.56 Å². The Morgan fingerprint density at radius 2 is 2.26 bits per heavy atom. The van der Waals surface area contributed by atoms with Crippen molar-refractivity contribution < 1.29 is 8.94 Å². The van der Waals surface area contributed by atoms with Gasteiger partial charge in [-0.1, -0.05) is 12.1 Å². The van der Waals surface area contributed by atoms with Crippen LogP contribution in [0.1, 0.15) is 29.9 Å². The quantitative estimate of drug-likeness (QED) is 0.731. The number of rotatable bonds is 4. The SMILES string of the molecule is CCc1ncc2c(n1)CN(Cc1nc(-c3ccco3)no1)CC2. The average molecular weight is 311 g/mol. The molecule has 23 heavy (non-hydrogen) atoms. The Morgan fingerprint density at radius 1 is 1.30 bits per heavy atom. The molecule has 0 saturated heterocycles. The first-order valence-electron chi connectivity index (χ1n) is 7.74. The number of hydrogen-bond donors (Lipinski definition) is 0. The van der Waals surface area contributed by atoms with Gasteiger partial charge in [0, 0.05) is 25.7 Å². The van der Waals surface area contributed by atoms with Gasteiger partial charge in [0.25, 0.3) is 0 Å². The molecule has 0 atom stereocenters. The summed E-state index contributed by atoms with van der Waals surface area (Å²) in [4.78, 5) is 15.7. The third-order valence-electron chi connectivity index (χ3n) is 3.96. The zero-order valence-electron chi connectivity index (χ0n) is 12.9. The number of aromatic nitrogens is 4. The van der Waals surface area contributed by atoms with E-state index >= 15 is 0 Å². The van der Waals surface area contributed by atoms with E-state index in [1.807, 2.05) is 12.3 Å². The molecule has 0 fully saturated rings. The molecule has 1 aliphatic rings. The second kappa shape index (κ2) is 5.92. The highest BCUT2D eigenvalue weighted by atomic mass is 16.5. The largest absolute Gasteiger partial charge is 0.461 e. The highest BCUT2D eigenvalue weighted by molar-refractivity contribution is 5.44. The first kappa shape index (κ1) is 14.1. The Bertz CT molecular complexity index is 797. The van der Waals surface area contributed by atoms with Crippen molar-refractivity contribution in [1.82, 2.24) is 25.0 Å². The van der Waals surface area contributed by atoms with E-state index in [-0.39, 0.29) is 0 Å². The van der Waals surface area contributed by atoms with Crippen LogP contribution in [-0.4, -0.2) is 31.6 Å². The summed E-state index contributed by atoms with van der Waals surface area (Å²) in [5, 5.41) is 3.96. The number of fused-ring (bicyclic) bond motifs is 1. The smallest absolute Gasteiger partial charge is 0.241 e. The first-order chi connectivity index (χ1) is 11.3. The van der Waals surface area contributed by atoms with Gasteiger partial charge in [-0.25, -0.2) is 9.97 Å². The van der Waals surface area contributed by atoms with Gasteiger partial charge >= 0.3 is 0 Å². The Morgan fingerprint density at radius 3 is 3.09 bits per heavy atom. The molecule has 0 bridgehead atoms. The Hall–Kier alpha value is -2.54. The Balaban J connectivity index is 1.48. The van der Waals surface area contributed by atoms with E-state index in [1.54, 1.807) is 12.3 Å². The van der Waals surface area contributed by atoms with E-state index in [2.05, 4.69) is 31.9 Å². The van der Waals surface area contributed by atoms with Gasteiger partial charge in [0.15, 0.2) is 5.76 Å². The molecule has 0 spiro atoms. The number of furan rings is 1. The highest BCUT2D eigenvalue weighted by Gasteiger charge is 2.21. The van der Waals surface area contributed by atoms with Crippen LogP contribution in [0.15, 0.2) is 33.5 Å². The zero-order chi connectivity index (χ0) is 15.6. The molecule has 0 radical (unpaired) electrons. The predicted octanol–water partition coefficient (Wildman–Crippen LogP) is 2.24. The molecule has 4 rings (SSSR count). The fourth-order valence-electron chi connectivity index (χ4n) is 2.72. The van der Waals surface area contributed by atoms with Gasteiger partial charge in [-0.2, -0.15) is 4.98 Å². The lowest BCUT2D eigenvalue weighted by Crippen LogP contribution is -2.31. The lowest BCUT2D eigenvalue weighted by Gasteiger charge is -2.26. The van der Waals surface area contributed by atoms with Crippen molar-refractivity contribution in [3.63, 3.8) is 0 Å². The van der Waals surface area contributed by atoms with Crippen molar-refractivity contribution in [3.05, 3.63) is 47.6 Å². The molecule has 4 heterocycles. The van der Waals surface area contributed by atoms with Gasteiger partial charge in [-0.05, 0) is 24.1 Å². The number of aryl methyl sites for hydroxylation is 1. The number of hydrogen-bond acceptors (Lipinski definition) is 7. The normalized spacial score (nSPS) is 14.8. The maximum atomic E-state index is 5.33. The van der Waals surface area contributed by atoms with Gasteiger partial charge in [0.2, 0.25) is 11.7 Å². The molecule has 118 valence electrons. The topological polar surface area (TPSA) is 81.1 Å². The van der Waals surface area contributed by atoms with E-state index in [9.17, 15) is 0 Å². The second-order valence-corrected chi connectivity index (χ2v) is 5.56. The van der Waals surface area contributed by atoms with Crippen molar-refractivity contribution in [2.45, 2.75) is 32.9 Å². The van der Waals surface area contributed by atoms with E-state index in [4.69, 9.17) is 8.94 Å². The summed E-state index contributed by atoms with van der Waals surface area (Å²) in [6, 6.07) is 3.62. The van der Waals surface area contributed by atoms with Crippen LogP contribution in [-0.2, 0) is 25.9 Å². The predicted molar refractivity (Wildman–Crippen MR) is 81.2 cm³/mol. The van der Waals surface area contributed by atoms with Gasteiger partial charge in [0.05, 0.1) is 18.5 Å². The summed E-state index contributed by atoms with van der Waals surface area (Å²) < 4.78 is 10.6. The fourth-order valence-corrected chi connectivity index (χ4v) is 2.72. The number of nitrogens with zero attached hydrogens (tertiary/aromatic N) is 5. The molecule has 3 aromatic heterocycles. The molecule has 0 amide bonds. The van der Waals surface area contributed by atoms with Crippen molar-refractivity contribution in [3.8, 4) is 11.6 Å². The summed E-state index contributed by atoms with van der Waals surface area (Å²) in [6.45, 7) is 4.39. The molecule has 0 aromatic carbocycles. The fraction of sp³-hybridized carbons (Fsp3) is 0.375. The lowest BCUT2D eigenvalue weighted by molar-refractivity contribution is 0.207. The second-order valence-electron chi connectivity index (χ2n) is 5.56. The van der Waals surface area contributed by atoms with Crippen LogP contribution >= 0.6 is 0 Å². The van der Waals surface area contributed by atoms with E-state index in [0.717, 1.165) is 37.4 Å². The molecular weight excluding hydrogens is 294 g/mol. The molecule has 7 nitrogen and oxygen atoms in total. The molecule has 3 aromatic rings. The van der Waals surface area contributed by atoms with Crippen molar-refractivity contribution in [1.29, 1.82) is 0 Å². The molecule has 0 saturated carbocycles. The minimum Gasteiger partial charge on any atom is -0.461 e. The van der Waals surface area contributed by atoms with Crippen molar-refractivity contribution in [2.75, 3.05) is 6.54 Å². The molecule has 7 heteroatoms. The van der Waals surface area contributed by atoms with Crippen LogP contribution in [0.3, 0.4) is 0 Å². The summed E-state index contributed by atoms with van der Waals surface area (Å²) in [6.07, 6.45) is 5.35. The van der Waals surface area contributed by atoms with Crippen LogP contribution < -0.4 is 0 Å². The highest BCUT2D eigenvalue weighted by Crippen LogP contribution is 2.20. The maximum absolute atomic E-state index is 5.33. The Kier molecular flexibility index (Phi) is 3.63. The maximum Gasteiger partial charge on any atom is 0.241 e. The summed E-state index contributed by atoms with van der Waals surface area (Å²) in [7, 11) is 0. The van der Waals surface area contributed by atoms with Gasteiger partial charge < -0.3 is 8.94 Å². The lowest BCUT2D eigenvalue weighted by atomic mass is 10.1. The standard InChI is InChI=1S/C16H17N5O2/c1-2-14-17-8-11-5-6-21(9-12(11)18-14)10-15-19-16(20-23-15)13-4-3-7-22-13/h3-4,7-8H,2,5-6,9-10H2,1H3. The van der Waals surface area contributed by atoms with Gasteiger partial charge in [-0.3, -0.25) is 4.90 Å². The minimum absolute atomic E-state index is 0.484. The minimum atomic E-state index is 0.484. The summed E-state index contributed by atoms with van der Waals surface area (Å²) >= 11 is 0. The van der Waals surface area contributed by atoms with E-state index < -0.39 is 0 Å².